The first-order chi connectivity index (χ1) is 12.6. The SMILES string of the molecule is Cc1cc(S(=O)(=O)N2CC[C@H](Oc3cc(C)n(C)c(=O)c3)C2)c(Cl)cc1Cl. The number of halogens is 2. The Balaban J connectivity index is 1.79. The van der Waals surface area contributed by atoms with Crippen molar-refractivity contribution in [3.63, 3.8) is 0 Å². The molecule has 1 aromatic carbocycles. The molecule has 0 spiro atoms. The lowest BCUT2D eigenvalue weighted by molar-refractivity contribution is 0.214. The lowest BCUT2D eigenvalue weighted by atomic mass is 10.2. The van der Waals surface area contributed by atoms with Crippen LogP contribution in [0.15, 0.2) is 34.0 Å². The Morgan fingerprint density at radius 1 is 1.11 bits per heavy atom. The quantitative estimate of drug-likeness (QED) is 0.746. The van der Waals surface area contributed by atoms with Crippen molar-refractivity contribution in [3.8, 4) is 5.75 Å². The van der Waals surface area contributed by atoms with Crippen LogP contribution in [0.3, 0.4) is 0 Å². The molecule has 27 heavy (non-hydrogen) atoms. The molecule has 0 saturated carbocycles. The van der Waals surface area contributed by atoms with Gasteiger partial charge in [-0.05, 0) is 44.0 Å². The van der Waals surface area contributed by atoms with Crippen LogP contribution in [0.25, 0.3) is 0 Å². The zero-order chi connectivity index (χ0) is 19.9. The zero-order valence-electron chi connectivity index (χ0n) is 15.2. The van der Waals surface area contributed by atoms with Crippen LogP contribution in [0.1, 0.15) is 17.7 Å². The van der Waals surface area contributed by atoms with Crippen LogP contribution < -0.4 is 10.3 Å². The fourth-order valence-corrected chi connectivity index (χ4v) is 5.27. The molecule has 1 aromatic heterocycles. The number of rotatable bonds is 4. The van der Waals surface area contributed by atoms with Crippen molar-refractivity contribution in [2.45, 2.75) is 31.3 Å². The molecule has 2 aromatic rings. The van der Waals surface area contributed by atoms with E-state index in [0.717, 1.165) is 5.69 Å². The summed E-state index contributed by atoms with van der Waals surface area (Å²) >= 11 is 12.1. The summed E-state index contributed by atoms with van der Waals surface area (Å²) in [6.45, 7) is 4.04. The van der Waals surface area contributed by atoms with Gasteiger partial charge in [0.15, 0.2) is 0 Å². The molecule has 1 fully saturated rings. The fourth-order valence-electron chi connectivity index (χ4n) is 2.98. The highest BCUT2D eigenvalue weighted by Gasteiger charge is 2.35. The molecule has 0 unspecified atom stereocenters. The second kappa shape index (κ2) is 7.47. The van der Waals surface area contributed by atoms with Gasteiger partial charge < -0.3 is 9.30 Å². The molecule has 1 aliphatic rings. The summed E-state index contributed by atoms with van der Waals surface area (Å²) in [5.41, 5.74) is 1.24. The van der Waals surface area contributed by atoms with Gasteiger partial charge in [-0.25, -0.2) is 8.42 Å². The van der Waals surface area contributed by atoms with Crippen molar-refractivity contribution in [3.05, 3.63) is 55.9 Å². The number of benzene rings is 1. The van der Waals surface area contributed by atoms with E-state index in [1.165, 1.54) is 27.1 Å². The third-order valence-corrected chi connectivity index (χ3v) is 7.46. The summed E-state index contributed by atoms with van der Waals surface area (Å²) in [6, 6.07) is 6.10. The minimum atomic E-state index is -3.76. The first kappa shape index (κ1) is 20.2. The summed E-state index contributed by atoms with van der Waals surface area (Å²) < 4.78 is 34.6. The molecular weight excluding hydrogens is 411 g/mol. The van der Waals surface area contributed by atoms with Gasteiger partial charge in [0.25, 0.3) is 5.56 Å². The predicted octanol–water partition coefficient (Wildman–Crippen LogP) is 3.15. The number of ether oxygens (including phenoxy) is 1. The topological polar surface area (TPSA) is 68.6 Å². The minimum Gasteiger partial charge on any atom is -0.489 e. The van der Waals surface area contributed by atoms with Crippen molar-refractivity contribution >= 4 is 33.2 Å². The van der Waals surface area contributed by atoms with E-state index in [4.69, 9.17) is 27.9 Å². The van der Waals surface area contributed by atoms with E-state index >= 15 is 0 Å². The maximum Gasteiger partial charge on any atom is 0.254 e. The van der Waals surface area contributed by atoms with Gasteiger partial charge in [0.1, 0.15) is 16.7 Å². The Morgan fingerprint density at radius 3 is 2.48 bits per heavy atom. The molecule has 0 amide bonds. The van der Waals surface area contributed by atoms with Crippen LogP contribution in [-0.4, -0.2) is 36.5 Å². The third-order valence-electron chi connectivity index (χ3n) is 4.72. The fraction of sp³-hybridized carbons (Fsp3) is 0.389. The standard InChI is InChI=1S/C18H20Cl2N2O4S/c1-11-6-17(16(20)9-15(11)19)27(24,25)22-5-4-13(10-22)26-14-7-12(2)21(3)18(23)8-14/h6-9,13H,4-5,10H2,1-3H3/t13-/m0/s1. The number of aryl methyl sites for hydroxylation is 2. The van der Waals surface area contributed by atoms with Crippen molar-refractivity contribution in [2.75, 3.05) is 13.1 Å². The van der Waals surface area contributed by atoms with Crippen molar-refractivity contribution in [1.29, 1.82) is 0 Å². The monoisotopic (exact) mass is 430 g/mol. The van der Waals surface area contributed by atoms with Gasteiger partial charge in [0.05, 0.1) is 11.6 Å². The van der Waals surface area contributed by atoms with Gasteiger partial charge in [0.2, 0.25) is 10.0 Å². The molecular formula is C18H20Cl2N2O4S. The highest BCUT2D eigenvalue weighted by molar-refractivity contribution is 7.89. The molecule has 6 nitrogen and oxygen atoms in total. The molecule has 2 heterocycles. The maximum absolute atomic E-state index is 13.0. The Kier molecular flexibility index (Phi) is 5.59. The smallest absolute Gasteiger partial charge is 0.254 e. The highest BCUT2D eigenvalue weighted by atomic mass is 35.5. The van der Waals surface area contributed by atoms with E-state index in [1.54, 1.807) is 20.0 Å². The zero-order valence-corrected chi connectivity index (χ0v) is 17.5. The molecule has 146 valence electrons. The van der Waals surface area contributed by atoms with Crippen LogP contribution in [0, 0.1) is 13.8 Å². The third kappa shape index (κ3) is 4.01. The summed E-state index contributed by atoms with van der Waals surface area (Å²) in [4.78, 5) is 11.9. The summed E-state index contributed by atoms with van der Waals surface area (Å²) in [6.07, 6.45) is 0.191. The van der Waals surface area contributed by atoms with Gasteiger partial charge in [-0.2, -0.15) is 4.31 Å². The molecule has 0 radical (unpaired) electrons. The highest BCUT2D eigenvalue weighted by Crippen LogP contribution is 2.32. The van der Waals surface area contributed by atoms with E-state index in [2.05, 4.69) is 0 Å². The number of hydrogen-bond donors (Lipinski definition) is 0. The molecule has 0 aliphatic carbocycles. The molecule has 0 bridgehead atoms. The van der Waals surface area contributed by atoms with Crippen molar-refractivity contribution < 1.29 is 13.2 Å². The molecule has 1 atom stereocenters. The van der Waals surface area contributed by atoms with Gasteiger partial charge >= 0.3 is 0 Å². The van der Waals surface area contributed by atoms with Gasteiger partial charge in [0, 0.05) is 30.4 Å². The van der Waals surface area contributed by atoms with E-state index < -0.39 is 10.0 Å². The number of nitrogens with zero attached hydrogens (tertiary/aromatic N) is 2. The number of sulfonamides is 1. The summed E-state index contributed by atoms with van der Waals surface area (Å²) in [5, 5.41) is 0.514. The average Bonchev–Trinajstić information content (AvgIpc) is 3.05. The van der Waals surface area contributed by atoms with Crippen molar-refractivity contribution in [1.82, 2.24) is 8.87 Å². The van der Waals surface area contributed by atoms with Gasteiger partial charge in [-0.3, -0.25) is 4.79 Å². The summed E-state index contributed by atoms with van der Waals surface area (Å²) in [7, 11) is -2.08. The number of aromatic nitrogens is 1. The molecule has 1 aliphatic heterocycles. The van der Waals surface area contributed by atoms with E-state index in [-0.39, 0.29) is 28.1 Å². The first-order valence-corrected chi connectivity index (χ1v) is 10.6. The van der Waals surface area contributed by atoms with E-state index in [1.807, 2.05) is 6.92 Å². The molecule has 0 N–H and O–H groups in total. The second-order valence-corrected chi connectivity index (χ2v) is 9.37. The van der Waals surface area contributed by atoms with Crippen LogP contribution in [0.4, 0.5) is 0 Å². The van der Waals surface area contributed by atoms with Crippen LogP contribution in [0.5, 0.6) is 5.75 Å². The van der Waals surface area contributed by atoms with Crippen LogP contribution >= 0.6 is 23.2 Å². The molecule has 9 heteroatoms. The van der Waals surface area contributed by atoms with Gasteiger partial charge in [-0.1, -0.05) is 23.2 Å². The van der Waals surface area contributed by atoms with Crippen LogP contribution in [-0.2, 0) is 17.1 Å². The Bertz CT molecular complexity index is 1050. The minimum absolute atomic E-state index is 0.0381. The van der Waals surface area contributed by atoms with Crippen molar-refractivity contribution in [2.24, 2.45) is 7.05 Å². The Labute approximate surface area is 168 Å². The molecule has 3 rings (SSSR count). The summed E-state index contributed by atoms with van der Waals surface area (Å²) in [5.74, 6) is 0.445. The Hall–Kier alpha value is -1.54. The van der Waals surface area contributed by atoms with E-state index in [9.17, 15) is 13.2 Å². The van der Waals surface area contributed by atoms with E-state index in [0.29, 0.717) is 29.3 Å². The largest absolute Gasteiger partial charge is 0.489 e. The van der Waals surface area contributed by atoms with Crippen LogP contribution in [0.2, 0.25) is 10.0 Å². The molecule has 1 saturated heterocycles. The lowest BCUT2D eigenvalue weighted by Gasteiger charge is -2.19. The number of hydrogen-bond acceptors (Lipinski definition) is 4. The first-order valence-electron chi connectivity index (χ1n) is 8.39. The maximum atomic E-state index is 13.0. The average molecular weight is 431 g/mol. The second-order valence-electron chi connectivity index (χ2n) is 6.65. The van der Waals surface area contributed by atoms with Gasteiger partial charge in [-0.15, -0.1) is 0 Å². The lowest BCUT2D eigenvalue weighted by Crippen LogP contribution is -2.31. The predicted molar refractivity (Wildman–Crippen MR) is 105 cm³/mol. The Morgan fingerprint density at radius 2 is 1.81 bits per heavy atom. The number of pyridine rings is 1. The normalized spacial score (nSPS) is 18.0.